The second-order valence-electron chi connectivity index (χ2n) is 5.94. The van der Waals surface area contributed by atoms with E-state index in [0.29, 0.717) is 17.0 Å². The summed E-state index contributed by atoms with van der Waals surface area (Å²) in [4.78, 5) is 18.5. The SMILES string of the molecule is O=C(Nc1ccn2cc(-c3cccc(F)c3)nc2c1)N1CCCC1. The number of hydrogen-bond donors (Lipinski definition) is 1. The number of fused-ring (bicyclic) bond motifs is 1. The molecule has 6 heteroatoms. The molecule has 122 valence electrons. The van der Waals surface area contributed by atoms with Crippen LogP contribution in [0, 0.1) is 5.82 Å². The quantitative estimate of drug-likeness (QED) is 0.780. The Balaban J connectivity index is 1.60. The molecule has 4 rings (SSSR count). The molecule has 0 radical (unpaired) electrons. The van der Waals surface area contributed by atoms with Crippen molar-refractivity contribution < 1.29 is 9.18 Å². The lowest BCUT2D eigenvalue weighted by Gasteiger charge is -2.16. The van der Waals surface area contributed by atoms with E-state index in [1.807, 2.05) is 39.9 Å². The van der Waals surface area contributed by atoms with Gasteiger partial charge in [-0.25, -0.2) is 14.2 Å². The second-order valence-corrected chi connectivity index (χ2v) is 5.94. The fourth-order valence-electron chi connectivity index (χ4n) is 2.97. The van der Waals surface area contributed by atoms with E-state index in [1.54, 1.807) is 6.07 Å². The number of imidazole rings is 1. The Labute approximate surface area is 138 Å². The average molecular weight is 324 g/mol. The van der Waals surface area contributed by atoms with E-state index in [0.717, 1.165) is 31.5 Å². The molecule has 1 fully saturated rings. The maximum absolute atomic E-state index is 13.4. The van der Waals surface area contributed by atoms with Crippen molar-refractivity contribution in [1.29, 1.82) is 0 Å². The smallest absolute Gasteiger partial charge is 0.321 e. The van der Waals surface area contributed by atoms with Gasteiger partial charge >= 0.3 is 6.03 Å². The van der Waals surface area contributed by atoms with Crippen molar-refractivity contribution in [2.75, 3.05) is 18.4 Å². The predicted octanol–water partition coefficient (Wildman–Crippen LogP) is 3.77. The summed E-state index contributed by atoms with van der Waals surface area (Å²) in [6, 6.07) is 9.92. The van der Waals surface area contributed by atoms with E-state index in [-0.39, 0.29) is 11.8 Å². The number of hydrogen-bond acceptors (Lipinski definition) is 2. The van der Waals surface area contributed by atoms with Crippen LogP contribution in [0.4, 0.5) is 14.9 Å². The van der Waals surface area contributed by atoms with E-state index in [1.165, 1.54) is 12.1 Å². The highest BCUT2D eigenvalue weighted by atomic mass is 19.1. The Bertz CT molecular complexity index is 899. The van der Waals surface area contributed by atoms with Crippen molar-refractivity contribution in [3.8, 4) is 11.3 Å². The zero-order chi connectivity index (χ0) is 16.5. The molecular weight excluding hydrogens is 307 g/mol. The number of anilines is 1. The van der Waals surface area contributed by atoms with Gasteiger partial charge in [-0.05, 0) is 31.0 Å². The van der Waals surface area contributed by atoms with Crippen LogP contribution in [0.25, 0.3) is 16.9 Å². The molecule has 0 bridgehead atoms. The highest BCUT2D eigenvalue weighted by Crippen LogP contribution is 2.22. The minimum absolute atomic E-state index is 0.0752. The molecule has 0 aliphatic carbocycles. The van der Waals surface area contributed by atoms with E-state index in [9.17, 15) is 9.18 Å². The van der Waals surface area contributed by atoms with Gasteiger partial charge in [0, 0.05) is 42.8 Å². The van der Waals surface area contributed by atoms with E-state index >= 15 is 0 Å². The van der Waals surface area contributed by atoms with Gasteiger partial charge in [-0.2, -0.15) is 0 Å². The van der Waals surface area contributed by atoms with E-state index in [4.69, 9.17) is 0 Å². The van der Waals surface area contributed by atoms with Crippen LogP contribution in [0.1, 0.15) is 12.8 Å². The Morgan fingerprint density at radius 1 is 1.17 bits per heavy atom. The van der Waals surface area contributed by atoms with Crippen LogP contribution >= 0.6 is 0 Å². The predicted molar refractivity (Wildman–Crippen MR) is 90.4 cm³/mol. The molecule has 0 spiro atoms. The molecule has 0 unspecified atom stereocenters. The van der Waals surface area contributed by atoms with Crippen LogP contribution in [0.2, 0.25) is 0 Å². The fourth-order valence-corrected chi connectivity index (χ4v) is 2.97. The van der Waals surface area contributed by atoms with Crippen LogP contribution in [0.3, 0.4) is 0 Å². The molecule has 1 aliphatic rings. The van der Waals surface area contributed by atoms with Gasteiger partial charge in [0.1, 0.15) is 11.5 Å². The van der Waals surface area contributed by atoms with Crippen LogP contribution in [0.5, 0.6) is 0 Å². The molecule has 3 aromatic rings. The van der Waals surface area contributed by atoms with Crippen molar-refractivity contribution in [2.45, 2.75) is 12.8 Å². The highest BCUT2D eigenvalue weighted by molar-refractivity contribution is 5.90. The van der Waals surface area contributed by atoms with Crippen LogP contribution in [-0.2, 0) is 0 Å². The van der Waals surface area contributed by atoms with Gasteiger partial charge in [-0.15, -0.1) is 0 Å². The normalized spacial score (nSPS) is 14.3. The van der Waals surface area contributed by atoms with Gasteiger partial charge in [0.15, 0.2) is 0 Å². The Kier molecular flexibility index (Phi) is 3.65. The maximum Gasteiger partial charge on any atom is 0.321 e. The molecular formula is C18H17FN4O. The second kappa shape index (κ2) is 5.96. The third-order valence-corrected chi connectivity index (χ3v) is 4.23. The zero-order valence-electron chi connectivity index (χ0n) is 13.1. The number of aromatic nitrogens is 2. The highest BCUT2D eigenvalue weighted by Gasteiger charge is 2.18. The topological polar surface area (TPSA) is 49.6 Å². The first kappa shape index (κ1) is 14.7. The first-order chi connectivity index (χ1) is 11.7. The van der Waals surface area contributed by atoms with Gasteiger partial charge in [0.2, 0.25) is 0 Å². The lowest BCUT2D eigenvalue weighted by Crippen LogP contribution is -2.32. The number of carbonyl (C=O) groups is 1. The summed E-state index contributed by atoms with van der Waals surface area (Å²) in [5.41, 5.74) is 2.82. The minimum atomic E-state index is -0.289. The van der Waals surface area contributed by atoms with Crippen LogP contribution in [0.15, 0.2) is 48.8 Å². The van der Waals surface area contributed by atoms with Gasteiger partial charge in [-0.1, -0.05) is 12.1 Å². The number of amides is 2. The van der Waals surface area contributed by atoms with Gasteiger partial charge in [-0.3, -0.25) is 0 Å². The molecule has 1 saturated heterocycles. The van der Waals surface area contributed by atoms with Gasteiger partial charge in [0.05, 0.1) is 5.69 Å². The van der Waals surface area contributed by atoms with Crippen molar-refractivity contribution in [3.05, 3.63) is 54.6 Å². The molecule has 1 aromatic carbocycles. The monoisotopic (exact) mass is 324 g/mol. The number of urea groups is 1. The molecule has 1 N–H and O–H groups in total. The summed E-state index contributed by atoms with van der Waals surface area (Å²) in [5.74, 6) is -0.289. The number of nitrogens with one attached hydrogen (secondary N) is 1. The number of halogens is 1. The summed E-state index contributed by atoms with van der Waals surface area (Å²) < 4.78 is 15.2. The number of carbonyl (C=O) groups excluding carboxylic acids is 1. The van der Waals surface area contributed by atoms with Crippen molar-refractivity contribution in [2.24, 2.45) is 0 Å². The van der Waals surface area contributed by atoms with Gasteiger partial charge < -0.3 is 14.6 Å². The van der Waals surface area contributed by atoms with Crippen molar-refractivity contribution in [1.82, 2.24) is 14.3 Å². The summed E-state index contributed by atoms with van der Waals surface area (Å²) in [6.45, 7) is 1.61. The third kappa shape index (κ3) is 2.82. The largest absolute Gasteiger partial charge is 0.325 e. The molecule has 0 saturated carbocycles. The van der Waals surface area contributed by atoms with Gasteiger partial charge in [0.25, 0.3) is 0 Å². The van der Waals surface area contributed by atoms with Crippen LogP contribution < -0.4 is 5.32 Å². The molecule has 3 heterocycles. The minimum Gasteiger partial charge on any atom is -0.325 e. The first-order valence-corrected chi connectivity index (χ1v) is 8.00. The molecule has 24 heavy (non-hydrogen) atoms. The van der Waals surface area contributed by atoms with E-state index < -0.39 is 0 Å². The molecule has 2 amide bonds. The first-order valence-electron chi connectivity index (χ1n) is 8.00. The summed E-state index contributed by atoms with van der Waals surface area (Å²) in [6.07, 6.45) is 5.80. The Morgan fingerprint density at radius 2 is 2.00 bits per heavy atom. The maximum atomic E-state index is 13.4. The molecule has 1 aliphatic heterocycles. The number of pyridine rings is 1. The number of rotatable bonds is 2. The van der Waals surface area contributed by atoms with Crippen molar-refractivity contribution in [3.63, 3.8) is 0 Å². The molecule has 0 atom stereocenters. The summed E-state index contributed by atoms with van der Waals surface area (Å²) >= 11 is 0. The van der Waals surface area contributed by atoms with Crippen molar-refractivity contribution >= 4 is 17.4 Å². The lowest BCUT2D eigenvalue weighted by atomic mass is 10.2. The Hall–Kier alpha value is -2.89. The van der Waals surface area contributed by atoms with E-state index in [2.05, 4.69) is 10.3 Å². The average Bonchev–Trinajstić information content (AvgIpc) is 3.24. The molecule has 5 nitrogen and oxygen atoms in total. The fraction of sp³-hybridized carbons (Fsp3) is 0.222. The number of likely N-dealkylation sites (tertiary alicyclic amines) is 1. The summed E-state index contributed by atoms with van der Waals surface area (Å²) in [7, 11) is 0. The third-order valence-electron chi connectivity index (χ3n) is 4.23. The Morgan fingerprint density at radius 3 is 2.79 bits per heavy atom. The van der Waals surface area contributed by atoms with Crippen LogP contribution in [-0.4, -0.2) is 33.4 Å². The molecule has 2 aromatic heterocycles. The number of benzene rings is 1. The number of nitrogens with zero attached hydrogens (tertiary/aromatic N) is 3. The zero-order valence-corrected chi connectivity index (χ0v) is 13.1. The lowest BCUT2D eigenvalue weighted by molar-refractivity contribution is 0.222. The standard InChI is InChI=1S/C18H17FN4O/c19-14-5-3-4-13(10-14)16-12-23-9-6-15(11-17(23)21-16)20-18(24)22-7-1-2-8-22/h3-6,9-12H,1-2,7-8H2,(H,20,24). The summed E-state index contributed by atoms with van der Waals surface area (Å²) in [5, 5.41) is 2.91.